The van der Waals surface area contributed by atoms with Gasteiger partial charge in [0.05, 0.1) is 5.92 Å². The molecular formula is C10H19NO2. The van der Waals surface area contributed by atoms with Crippen molar-refractivity contribution in [2.24, 2.45) is 17.8 Å². The van der Waals surface area contributed by atoms with Gasteiger partial charge in [0.25, 0.3) is 0 Å². The molecule has 1 fully saturated rings. The lowest BCUT2D eigenvalue weighted by Gasteiger charge is -2.17. The maximum Gasteiger partial charge on any atom is 0.308 e. The molecule has 1 heterocycles. The number of carboxylic acid groups (broad SMARTS) is 1. The van der Waals surface area contributed by atoms with Gasteiger partial charge in [0, 0.05) is 19.6 Å². The highest BCUT2D eigenvalue weighted by molar-refractivity contribution is 5.71. The Labute approximate surface area is 79.7 Å². The first kappa shape index (κ1) is 10.5. The topological polar surface area (TPSA) is 40.5 Å². The Kier molecular flexibility index (Phi) is 3.31. The Morgan fingerprint density at radius 2 is 2.15 bits per heavy atom. The quantitative estimate of drug-likeness (QED) is 0.720. The van der Waals surface area contributed by atoms with Gasteiger partial charge in [0.2, 0.25) is 0 Å². The van der Waals surface area contributed by atoms with Crippen molar-refractivity contribution in [3.05, 3.63) is 0 Å². The van der Waals surface area contributed by atoms with Gasteiger partial charge in [-0.25, -0.2) is 0 Å². The SMILES string of the molecule is CC(C)CN1CC(C)C(C(=O)O)C1. The molecule has 13 heavy (non-hydrogen) atoms. The predicted octanol–water partition coefficient (Wildman–Crippen LogP) is 1.29. The molecule has 0 saturated carbocycles. The normalized spacial score (nSPS) is 29.8. The molecule has 1 N–H and O–H groups in total. The van der Waals surface area contributed by atoms with E-state index in [1.165, 1.54) is 0 Å². The Hall–Kier alpha value is -0.570. The van der Waals surface area contributed by atoms with Crippen LogP contribution in [0.3, 0.4) is 0 Å². The van der Waals surface area contributed by atoms with E-state index in [2.05, 4.69) is 18.7 Å². The zero-order valence-electron chi connectivity index (χ0n) is 8.66. The molecular weight excluding hydrogens is 166 g/mol. The fourth-order valence-electron chi connectivity index (χ4n) is 2.05. The van der Waals surface area contributed by atoms with Crippen LogP contribution in [0.1, 0.15) is 20.8 Å². The van der Waals surface area contributed by atoms with Crippen LogP contribution in [-0.2, 0) is 4.79 Å². The van der Waals surface area contributed by atoms with Gasteiger partial charge < -0.3 is 10.0 Å². The van der Waals surface area contributed by atoms with E-state index in [0.717, 1.165) is 19.6 Å². The third kappa shape index (κ3) is 2.69. The lowest BCUT2D eigenvalue weighted by molar-refractivity contribution is -0.142. The van der Waals surface area contributed by atoms with Crippen LogP contribution in [0, 0.1) is 17.8 Å². The summed E-state index contributed by atoms with van der Waals surface area (Å²) in [7, 11) is 0. The third-order valence-electron chi connectivity index (χ3n) is 2.63. The van der Waals surface area contributed by atoms with Crippen LogP contribution in [0.2, 0.25) is 0 Å². The maximum absolute atomic E-state index is 10.8. The van der Waals surface area contributed by atoms with Gasteiger partial charge in [-0.15, -0.1) is 0 Å². The fraction of sp³-hybridized carbons (Fsp3) is 0.900. The number of nitrogens with zero attached hydrogens (tertiary/aromatic N) is 1. The van der Waals surface area contributed by atoms with Gasteiger partial charge in [-0.2, -0.15) is 0 Å². The molecule has 2 atom stereocenters. The number of carbonyl (C=O) groups is 1. The molecule has 1 aliphatic rings. The Bertz CT molecular complexity index is 191. The minimum Gasteiger partial charge on any atom is -0.481 e. The van der Waals surface area contributed by atoms with Gasteiger partial charge in [-0.05, 0) is 11.8 Å². The number of likely N-dealkylation sites (tertiary alicyclic amines) is 1. The molecule has 0 amide bonds. The second-order valence-electron chi connectivity index (χ2n) is 4.53. The Morgan fingerprint density at radius 3 is 2.54 bits per heavy atom. The first-order valence-electron chi connectivity index (χ1n) is 4.96. The molecule has 3 nitrogen and oxygen atoms in total. The third-order valence-corrected chi connectivity index (χ3v) is 2.63. The van der Waals surface area contributed by atoms with Crippen molar-refractivity contribution in [3.8, 4) is 0 Å². The van der Waals surface area contributed by atoms with Crippen molar-refractivity contribution in [2.75, 3.05) is 19.6 Å². The summed E-state index contributed by atoms with van der Waals surface area (Å²) >= 11 is 0. The molecule has 1 aliphatic heterocycles. The van der Waals surface area contributed by atoms with Crippen molar-refractivity contribution in [2.45, 2.75) is 20.8 Å². The van der Waals surface area contributed by atoms with Crippen molar-refractivity contribution in [1.82, 2.24) is 4.90 Å². The first-order valence-corrected chi connectivity index (χ1v) is 4.96. The van der Waals surface area contributed by atoms with E-state index in [1.807, 2.05) is 6.92 Å². The Balaban J connectivity index is 2.45. The van der Waals surface area contributed by atoms with Gasteiger partial charge in [-0.3, -0.25) is 4.79 Å². The van der Waals surface area contributed by atoms with Gasteiger partial charge in [0.15, 0.2) is 0 Å². The number of hydrogen-bond acceptors (Lipinski definition) is 2. The molecule has 1 rings (SSSR count). The van der Waals surface area contributed by atoms with Gasteiger partial charge >= 0.3 is 5.97 Å². The molecule has 1 saturated heterocycles. The summed E-state index contributed by atoms with van der Waals surface area (Å²) in [4.78, 5) is 13.1. The monoisotopic (exact) mass is 185 g/mol. The number of hydrogen-bond donors (Lipinski definition) is 1. The number of rotatable bonds is 3. The van der Waals surface area contributed by atoms with Gasteiger partial charge in [0.1, 0.15) is 0 Å². The minimum absolute atomic E-state index is 0.154. The molecule has 0 aromatic heterocycles. The van der Waals surface area contributed by atoms with Crippen molar-refractivity contribution >= 4 is 5.97 Å². The van der Waals surface area contributed by atoms with Crippen LogP contribution >= 0.6 is 0 Å². The zero-order valence-corrected chi connectivity index (χ0v) is 8.66. The molecule has 0 aromatic carbocycles. The maximum atomic E-state index is 10.8. The van der Waals surface area contributed by atoms with E-state index < -0.39 is 5.97 Å². The highest BCUT2D eigenvalue weighted by Gasteiger charge is 2.34. The largest absolute Gasteiger partial charge is 0.481 e. The van der Waals surface area contributed by atoms with Crippen LogP contribution in [0.4, 0.5) is 0 Å². The van der Waals surface area contributed by atoms with E-state index in [0.29, 0.717) is 11.8 Å². The van der Waals surface area contributed by atoms with Crippen LogP contribution in [0.5, 0.6) is 0 Å². The molecule has 0 spiro atoms. The molecule has 76 valence electrons. The summed E-state index contributed by atoms with van der Waals surface area (Å²) in [6.07, 6.45) is 0. The summed E-state index contributed by atoms with van der Waals surface area (Å²) in [6, 6.07) is 0. The smallest absolute Gasteiger partial charge is 0.308 e. The molecule has 0 radical (unpaired) electrons. The fourth-order valence-corrected chi connectivity index (χ4v) is 2.05. The number of carboxylic acids is 1. The summed E-state index contributed by atoms with van der Waals surface area (Å²) in [5.41, 5.74) is 0. The molecule has 2 unspecified atom stereocenters. The van der Waals surface area contributed by atoms with Crippen molar-refractivity contribution in [3.63, 3.8) is 0 Å². The van der Waals surface area contributed by atoms with Crippen LogP contribution < -0.4 is 0 Å². The average Bonchev–Trinajstić information content (AvgIpc) is 2.29. The molecule has 0 aliphatic carbocycles. The Morgan fingerprint density at radius 1 is 1.54 bits per heavy atom. The summed E-state index contributed by atoms with van der Waals surface area (Å²) < 4.78 is 0. The highest BCUT2D eigenvalue weighted by Crippen LogP contribution is 2.23. The molecule has 0 bridgehead atoms. The first-order chi connectivity index (χ1) is 6.00. The minimum atomic E-state index is -0.640. The lowest BCUT2D eigenvalue weighted by Crippen LogP contribution is -2.26. The second-order valence-corrected chi connectivity index (χ2v) is 4.53. The predicted molar refractivity (Wildman–Crippen MR) is 51.6 cm³/mol. The molecule has 3 heteroatoms. The number of aliphatic carboxylic acids is 1. The highest BCUT2D eigenvalue weighted by atomic mass is 16.4. The van der Waals surface area contributed by atoms with E-state index in [1.54, 1.807) is 0 Å². The van der Waals surface area contributed by atoms with Gasteiger partial charge in [-0.1, -0.05) is 20.8 Å². The summed E-state index contributed by atoms with van der Waals surface area (Å²) in [5, 5.41) is 8.91. The second kappa shape index (κ2) is 4.09. The zero-order chi connectivity index (χ0) is 10.0. The summed E-state index contributed by atoms with van der Waals surface area (Å²) in [5.74, 6) is 0.133. The van der Waals surface area contributed by atoms with Crippen molar-refractivity contribution in [1.29, 1.82) is 0 Å². The van der Waals surface area contributed by atoms with Crippen LogP contribution in [0.15, 0.2) is 0 Å². The van der Waals surface area contributed by atoms with E-state index in [4.69, 9.17) is 5.11 Å². The summed E-state index contributed by atoms with van der Waals surface area (Å²) in [6.45, 7) is 9.05. The standard InChI is InChI=1S/C10H19NO2/c1-7(2)4-11-5-8(3)9(6-11)10(12)13/h7-9H,4-6H2,1-3H3,(H,12,13). The van der Waals surface area contributed by atoms with E-state index in [-0.39, 0.29) is 5.92 Å². The van der Waals surface area contributed by atoms with E-state index >= 15 is 0 Å². The van der Waals surface area contributed by atoms with Crippen molar-refractivity contribution < 1.29 is 9.90 Å². The molecule has 0 aromatic rings. The average molecular weight is 185 g/mol. The van der Waals surface area contributed by atoms with E-state index in [9.17, 15) is 4.79 Å². The lowest BCUT2D eigenvalue weighted by atomic mass is 9.99. The van der Waals surface area contributed by atoms with Crippen LogP contribution in [0.25, 0.3) is 0 Å². The van der Waals surface area contributed by atoms with Crippen LogP contribution in [-0.4, -0.2) is 35.6 Å².